The van der Waals surface area contributed by atoms with Gasteiger partial charge in [-0.3, -0.25) is 4.98 Å². The molecule has 0 radical (unpaired) electrons. The van der Waals surface area contributed by atoms with Crippen LogP contribution >= 0.6 is 0 Å². The Balaban J connectivity index is 1.54. The van der Waals surface area contributed by atoms with E-state index in [1.165, 1.54) is 27.4 Å². The molecule has 36 heavy (non-hydrogen) atoms. The van der Waals surface area contributed by atoms with Gasteiger partial charge in [0.05, 0.1) is 22.4 Å². The van der Waals surface area contributed by atoms with Crippen molar-refractivity contribution in [3.63, 3.8) is 0 Å². The lowest BCUT2D eigenvalue weighted by Gasteiger charge is -2.19. The molecule has 4 aromatic carbocycles. The summed E-state index contributed by atoms with van der Waals surface area (Å²) in [6.45, 7) is 6.68. The number of hydrogen-bond acceptors (Lipinski definition) is 2. The number of rotatable bonds is 2. The standard InChI is InChI=1S/C33H26N2O/c1-33(2,3)21-18-19-34-27(20-21)26-14-8-12-24-25-13-9-17-30(32(25)36-31(24)26)35-28-15-6-4-10-22(28)23-11-5-7-16-29(23)35/h4-20H,1-3H3. The molecule has 0 aliphatic carbocycles. The molecule has 7 rings (SSSR count). The van der Waals surface area contributed by atoms with Crippen LogP contribution in [0.2, 0.25) is 0 Å². The summed E-state index contributed by atoms with van der Waals surface area (Å²) in [4.78, 5) is 4.73. The van der Waals surface area contributed by atoms with E-state index >= 15 is 0 Å². The number of hydrogen-bond donors (Lipinski definition) is 0. The molecule has 0 unspecified atom stereocenters. The summed E-state index contributed by atoms with van der Waals surface area (Å²) in [5, 5.41) is 4.70. The van der Waals surface area contributed by atoms with E-state index in [4.69, 9.17) is 9.40 Å². The molecule has 0 aliphatic rings. The molecule has 3 nitrogen and oxygen atoms in total. The summed E-state index contributed by atoms with van der Waals surface area (Å²) in [5.74, 6) is 0. The topological polar surface area (TPSA) is 31.0 Å². The van der Waals surface area contributed by atoms with Crippen LogP contribution in [0.15, 0.2) is 108 Å². The third-order valence-electron chi connectivity index (χ3n) is 7.23. The SMILES string of the molecule is CC(C)(C)c1ccnc(-c2cccc3c2oc2c(-n4c5ccccc5c5ccccc54)cccc23)c1. The van der Waals surface area contributed by atoms with Crippen molar-refractivity contribution in [2.45, 2.75) is 26.2 Å². The highest BCUT2D eigenvalue weighted by Gasteiger charge is 2.20. The summed E-state index contributed by atoms with van der Waals surface area (Å²) < 4.78 is 9.08. The lowest BCUT2D eigenvalue weighted by molar-refractivity contribution is 0.589. The largest absolute Gasteiger partial charge is 0.453 e. The van der Waals surface area contributed by atoms with Crippen LogP contribution in [0.25, 0.3) is 60.7 Å². The van der Waals surface area contributed by atoms with Crippen LogP contribution in [-0.2, 0) is 5.41 Å². The van der Waals surface area contributed by atoms with Gasteiger partial charge in [0.25, 0.3) is 0 Å². The molecule has 3 aromatic heterocycles. The highest BCUT2D eigenvalue weighted by Crippen LogP contribution is 2.40. The number of para-hydroxylation sites is 4. The van der Waals surface area contributed by atoms with Gasteiger partial charge in [0.15, 0.2) is 5.58 Å². The van der Waals surface area contributed by atoms with Gasteiger partial charge in [-0.15, -0.1) is 0 Å². The molecule has 3 heteroatoms. The highest BCUT2D eigenvalue weighted by molar-refractivity contribution is 6.14. The first-order chi connectivity index (χ1) is 17.5. The van der Waals surface area contributed by atoms with E-state index < -0.39 is 0 Å². The highest BCUT2D eigenvalue weighted by atomic mass is 16.3. The Morgan fingerprint density at radius 1 is 0.639 bits per heavy atom. The fraction of sp³-hybridized carbons (Fsp3) is 0.121. The zero-order chi connectivity index (χ0) is 24.4. The van der Waals surface area contributed by atoms with Crippen LogP contribution in [0.5, 0.6) is 0 Å². The first-order valence-corrected chi connectivity index (χ1v) is 12.4. The number of benzene rings is 4. The molecule has 0 amide bonds. The van der Waals surface area contributed by atoms with Crippen molar-refractivity contribution in [2.24, 2.45) is 0 Å². The van der Waals surface area contributed by atoms with E-state index in [0.29, 0.717) is 0 Å². The molecular weight excluding hydrogens is 440 g/mol. The number of aromatic nitrogens is 2. The molecule has 0 fully saturated rings. The quantitative estimate of drug-likeness (QED) is 0.254. The number of furan rings is 1. The summed E-state index contributed by atoms with van der Waals surface area (Å²) in [6.07, 6.45) is 1.90. The van der Waals surface area contributed by atoms with E-state index in [9.17, 15) is 0 Å². The molecule has 0 aliphatic heterocycles. The molecule has 0 spiro atoms. The van der Waals surface area contributed by atoms with E-state index in [0.717, 1.165) is 38.9 Å². The van der Waals surface area contributed by atoms with E-state index in [-0.39, 0.29) is 5.41 Å². The van der Waals surface area contributed by atoms with E-state index in [1.54, 1.807) is 0 Å². The Morgan fingerprint density at radius 2 is 1.25 bits per heavy atom. The number of nitrogens with zero attached hydrogens (tertiary/aromatic N) is 2. The van der Waals surface area contributed by atoms with Gasteiger partial charge in [-0.05, 0) is 47.4 Å². The molecule has 0 saturated heterocycles. The van der Waals surface area contributed by atoms with Crippen molar-refractivity contribution < 1.29 is 4.42 Å². The molecule has 0 N–H and O–H groups in total. The predicted octanol–water partition coefficient (Wildman–Crippen LogP) is 9.04. The van der Waals surface area contributed by atoms with Crippen LogP contribution in [0.3, 0.4) is 0 Å². The summed E-state index contributed by atoms with van der Waals surface area (Å²) >= 11 is 0. The maximum atomic E-state index is 6.76. The monoisotopic (exact) mass is 466 g/mol. The molecule has 3 heterocycles. The molecule has 7 aromatic rings. The molecular formula is C33H26N2O. The Bertz CT molecular complexity index is 1880. The van der Waals surface area contributed by atoms with Gasteiger partial charge in [0.2, 0.25) is 0 Å². The average Bonchev–Trinajstić information content (AvgIpc) is 3.44. The van der Waals surface area contributed by atoms with Gasteiger partial charge >= 0.3 is 0 Å². The first kappa shape index (κ1) is 21.0. The third kappa shape index (κ3) is 3.02. The normalized spacial score (nSPS) is 12.3. The van der Waals surface area contributed by atoms with Gasteiger partial charge in [-0.25, -0.2) is 0 Å². The van der Waals surface area contributed by atoms with Gasteiger partial charge in [-0.1, -0.05) is 81.4 Å². The minimum atomic E-state index is 0.0448. The van der Waals surface area contributed by atoms with Gasteiger partial charge in [0.1, 0.15) is 5.58 Å². The van der Waals surface area contributed by atoms with E-state index in [1.807, 2.05) is 6.20 Å². The first-order valence-electron chi connectivity index (χ1n) is 12.4. The molecule has 0 saturated carbocycles. The number of pyridine rings is 1. The second-order valence-corrected chi connectivity index (χ2v) is 10.5. The Morgan fingerprint density at radius 3 is 1.94 bits per heavy atom. The smallest absolute Gasteiger partial charge is 0.159 e. The minimum absolute atomic E-state index is 0.0448. The van der Waals surface area contributed by atoms with Crippen LogP contribution in [0.4, 0.5) is 0 Å². The zero-order valence-electron chi connectivity index (χ0n) is 20.6. The fourth-order valence-corrected chi connectivity index (χ4v) is 5.41. The van der Waals surface area contributed by atoms with Crippen molar-refractivity contribution in [2.75, 3.05) is 0 Å². The van der Waals surface area contributed by atoms with Gasteiger partial charge in [0, 0.05) is 33.3 Å². The van der Waals surface area contributed by atoms with Crippen molar-refractivity contribution in [3.05, 3.63) is 109 Å². The molecule has 0 bridgehead atoms. The molecule has 174 valence electrons. The third-order valence-corrected chi connectivity index (χ3v) is 7.23. The minimum Gasteiger partial charge on any atom is -0.453 e. The lowest BCUT2D eigenvalue weighted by Crippen LogP contribution is -2.11. The lowest BCUT2D eigenvalue weighted by atomic mass is 9.87. The second kappa shape index (κ2) is 7.56. The van der Waals surface area contributed by atoms with Crippen molar-refractivity contribution in [1.82, 2.24) is 9.55 Å². The zero-order valence-corrected chi connectivity index (χ0v) is 20.6. The fourth-order valence-electron chi connectivity index (χ4n) is 5.41. The second-order valence-electron chi connectivity index (χ2n) is 10.5. The summed E-state index contributed by atoms with van der Waals surface area (Å²) in [5.41, 5.74) is 8.41. The summed E-state index contributed by atoms with van der Waals surface area (Å²) in [7, 11) is 0. The van der Waals surface area contributed by atoms with E-state index in [2.05, 4.69) is 122 Å². The molecule has 0 atom stereocenters. The van der Waals surface area contributed by atoms with Crippen molar-refractivity contribution >= 4 is 43.7 Å². The predicted molar refractivity (Wildman–Crippen MR) is 150 cm³/mol. The maximum Gasteiger partial charge on any atom is 0.159 e. The van der Waals surface area contributed by atoms with Crippen LogP contribution in [-0.4, -0.2) is 9.55 Å². The number of fused-ring (bicyclic) bond motifs is 6. The Labute approximate surface area is 209 Å². The Hall–Kier alpha value is -4.37. The van der Waals surface area contributed by atoms with Gasteiger partial charge < -0.3 is 8.98 Å². The average molecular weight is 467 g/mol. The van der Waals surface area contributed by atoms with Crippen molar-refractivity contribution in [3.8, 4) is 16.9 Å². The maximum absolute atomic E-state index is 6.76. The van der Waals surface area contributed by atoms with Crippen molar-refractivity contribution in [1.29, 1.82) is 0 Å². The van der Waals surface area contributed by atoms with Crippen LogP contribution in [0, 0.1) is 0 Å². The summed E-state index contributed by atoms with van der Waals surface area (Å²) in [6, 6.07) is 34.2. The van der Waals surface area contributed by atoms with Crippen LogP contribution in [0.1, 0.15) is 26.3 Å². The Kier molecular flexibility index (Phi) is 4.40. The van der Waals surface area contributed by atoms with Crippen LogP contribution < -0.4 is 0 Å². The van der Waals surface area contributed by atoms with Gasteiger partial charge in [-0.2, -0.15) is 0 Å².